The predicted octanol–water partition coefficient (Wildman–Crippen LogP) is 3.36. The number of nitrogens with zero attached hydrogens (tertiary/aromatic N) is 1. The van der Waals surface area contributed by atoms with E-state index < -0.39 is 38.6 Å². The van der Waals surface area contributed by atoms with Gasteiger partial charge in [-0.2, -0.15) is 13.2 Å². The maximum atomic E-state index is 13.0. The van der Waals surface area contributed by atoms with Gasteiger partial charge in [0.1, 0.15) is 5.75 Å². The van der Waals surface area contributed by atoms with E-state index in [-0.39, 0.29) is 18.6 Å². The number of hydrogen-bond donors (Lipinski definition) is 3. The predicted molar refractivity (Wildman–Crippen MR) is 134 cm³/mol. The topological polar surface area (TPSA) is 108 Å². The van der Waals surface area contributed by atoms with Crippen LogP contribution in [0.1, 0.15) is 55.3 Å². The van der Waals surface area contributed by atoms with Crippen LogP contribution in [0, 0.1) is 0 Å². The summed E-state index contributed by atoms with van der Waals surface area (Å²) in [5.41, 5.74) is 0.798. The summed E-state index contributed by atoms with van der Waals surface area (Å²) in [6.45, 7) is 4.12. The second kappa shape index (κ2) is 11.6. The Morgan fingerprint density at radius 3 is 2.74 bits per heavy atom. The van der Waals surface area contributed by atoms with Crippen LogP contribution in [0.15, 0.2) is 47.4 Å². The number of hydrogen-bond acceptors (Lipinski definition) is 6. The third kappa shape index (κ3) is 7.25. The number of aliphatic hydroxyl groups is 1. The van der Waals surface area contributed by atoms with Crippen LogP contribution in [-0.2, 0) is 27.5 Å². The fourth-order valence-corrected chi connectivity index (χ4v) is 6.15. The molecular weight excluding hydrogens is 523 g/mol. The Morgan fingerprint density at radius 1 is 1.21 bits per heavy atom. The van der Waals surface area contributed by atoms with Gasteiger partial charge in [-0.15, -0.1) is 0 Å². The average molecular weight is 556 g/mol. The summed E-state index contributed by atoms with van der Waals surface area (Å²) in [7, 11) is -4.26. The van der Waals surface area contributed by atoms with E-state index in [1.807, 2.05) is 18.2 Å². The molecule has 0 radical (unpaired) electrons. The van der Waals surface area contributed by atoms with Crippen LogP contribution in [-0.4, -0.2) is 56.2 Å². The number of piperidine rings is 1. The van der Waals surface area contributed by atoms with Gasteiger partial charge in [0.2, 0.25) is 15.9 Å². The number of halogens is 3. The molecule has 1 amide bonds. The molecule has 2 aromatic rings. The smallest absolute Gasteiger partial charge is 0.416 e. The first-order chi connectivity index (χ1) is 17.9. The molecule has 0 spiro atoms. The molecule has 0 aliphatic carbocycles. The zero-order valence-corrected chi connectivity index (χ0v) is 21.8. The third-order valence-electron chi connectivity index (χ3n) is 6.66. The lowest BCUT2D eigenvalue weighted by Gasteiger charge is -2.31. The summed E-state index contributed by atoms with van der Waals surface area (Å²) in [6, 6.07) is 8.12. The Kier molecular flexibility index (Phi) is 8.65. The Balaban J connectivity index is 1.35. The molecule has 3 N–H and O–H groups in total. The van der Waals surface area contributed by atoms with E-state index >= 15 is 0 Å². The van der Waals surface area contributed by atoms with Gasteiger partial charge in [-0.25, -0.2) is 13.1 Å². The van der Waals surface area contributed by atoms with Crippen molar-refractivity contribution in [1.82, 2.24) is 14.9 Å². The Bertz CT molecular complexity index is 1250. The number of benzene rings is 2. The Hall–Kier alpha value is -2.67. The molecule has 0 unspecified atom stereocenters. The van der Waals surface area contributed by atoms with Gasteiger partial charge in [0.25, 0.3) is 0 Å². The minimum absolute atomic E-state index is 0.194. The fraction of sp³-hybridized carbons (Fsp3) is 0.500. The van der Waals surface area contributed by atoms with Crippen LogP contribution in [0.5, 0.6) is 5.75 Å². The van der Waals surface area contributed by atoms with Gasteiger partial charge < -0.3 is 15.2 Å². The largest absolute Gasteiger partial charge is 0.493 e. The van der Waals surface area contributed by atoms with E-state index in [2.05, 4.69) is 14.9 Å². The third-order valence-corrected chi connectivity index (χ3v) is 8.25. The quantitative estimate of drug-likeness (QED) is 0.461. The SMILES string of the molecule is C[C@@H](CC(=O)N[C@@H]1CCOc2cc(CN3CCC[C@H](O)C3)ccc21)NS(=O)(=O)c1cccc(C(F)(F)F)c1. The number of rotatable bonds is 8. The van der Waals surface area contributed by atoms with Crippen molar-refractivity contribution in [2.45, 2.75) is 68.4 Å². The summed E-state index contributed by atoms with van der Waals surface area (Å²) in [6.07, 6.45) is -2.87. The molecule has 208 valence electrons. The first-order valence-corrected chi connectivity index (χ1v) is 14.0. The van der Waals surface area contributed by atoms with E-state index in [1.165, 1.54) is 6.92 Å². The zero-order valence-electron chi connectivity index (χ0n) is 21.0. The van der Waals surface area contributed by atoms with Crippen LogP contribution in [0.3, 0.4) is 0 Å². The van der Waals surface area contributed by atoms with Crippen molar-refractivity contribution in [2.24, 2.45) is 0 Å². The molecule has 2 heterocycles. The van der Waals surface area contributed by atoms with E-state index in [9.17, 15) is 31.5 Å². The van der Waals surface area contributed by atoms with Gasteiger partial charge in [0.05, 0.1) is 29.2 Å². The summed E-state index contributed by atoms with van der Waals surface area (Å²) in [5, 5.41) is 12.8. The normalized spacial score (nSPS) is 21.3. The second-order valence-corrected chi connectivity index (χ2v) is 11.6. The van der Waals surface area contributed by atoms with Crippen LogP contribution in [0.4, 0.5) is 13.2 Å². The summed E-state index contributed by atoms with van der Waals surface area (Å²) in [5.74, 6) is 0.281. The highest BCUT2D eigenvalue weighted by molar-refractivity contribution is 7.89. The average Bonchev–Trinajstić information content (AvgIpc) is 2.83. The summed E-state index contributed by atoms with van der Waals surface area (Å²) >= 11 is 0. The van der Waals surface area contributed by atoms with Crippen LogP contribution in [0.25, 0.3) is 0 Å². The first-order valence-electron chi connectivity index (χ1n) is 12.6. The number of alkyl halides is 3. The molecule has 2 aliphatic heterocycles. The number of ether oxygens (including phenoxy) is 1. The van der Waals surface area contributed by atoms with Crippen molar-refractivity contribution in [3.8, 4) is 5.75 Å². The molecule has 2 aromatic carbocycles. The van der Waals surface area contributed by atoms with Gasteiger partial charge in [-0.3, -0.25) is 9.69 Å². The minimum Gasteiger partial charge on any atom is -0.493 e. The zero-order chi connectivity index (χ0) is 27.5. The number of likely N-dealkylation sites (tertiary alicyclic amines) is 1. The van der Waals surface area contributed by atoms with Crippen molar-refractivity contribution >= 4 is 15.9 Å². The standard InChI is InChI=1S/C26H32F3N3O5S/c1-17(31-38(35,36)21-6-2-4-19(14-21)26(27,28)29)12-25(34)30-23-9-11-37-24-13-18(7-8-22(23)24)15-32-10-3-5-20(33)16-32/h2,4,6-8,13-14,17,20,23,31,33H,3,5,9-12,15-16H2,1H3,(H,30,34)/t17-,20-,23+/m0/s1. The number of carbonyl (C=O) groups is 1. The van der Waals surface area contributed by atoms with Gasteiger partial charge in [-0.05, 0) is 56.1 Å². The van der Waals surface area contributed by atoms with Gasteiger partial charge in [-0.1, -0.05) is 18.2 Å². The molecule has 8 nitrogen and oxygen atoms in total. The maximum Gasteiger partial charge on any atom is 0.416 e. The molecule has 3 atom stereocenters. The second-order valence-electron chi connectivity index (χ2n) is 9.91. The molecule has 4 rings (SSSR count). The van der Waals surface area contributed by atoms with E-state index in [0.29, 0.717) is 37.9 Å². The number of sulfonamides is 1. The van der Waals surface area contributed by atoms with Crippen LogP contribution < -0.4 is 14.8 Å². The monoisotopic (exact) mass is 555 g/mol. The minimum atomic E-state index is -4.67. The lowest BCUT2D eigenvalue weighted by molar-refractivity contribution is -0.137. The van der Waals surface area contributed by atoms with Gasteiger partial charge >= 0.3 is 6.18 Å². The number of fused-ring (bicyclic) bond motifs is 1. The number of amides is 1. The van der Waals surface area contributed by atoms with Crippen LogP contribution in [0.2, 0.25) is 0 Å². The molecule has 0 aromatic heterocycles. The van der Waals surface area contributed by atoms with Gasteiger partial charge in [0.15, 0.2) is 0 Å². The van der Waals surface area contributed by atoms with E-state index in [1.54, 1.807) is 0 Å². The maximum absolute atomic E-state index is 13.0. The molecule has 38 heavy (non-hydrogen) atoms. The van der Waals surface area contributed by atoms with Gasteiger partial charge in [0, 0.05) is 37.5 Å². The fourth-order valence-electron chi connectivity index (χ4n) is 4.86. The Labute approximate surface area is 220 Å². The van der Waals surface area contributed by atoms with E-state index in [0.717, 1.165) is 48.7 Å². The summed E-state index contributed by atoms with van der Waals surface area (Å²) < 4.78 is 72.2. The van der Waals surface area contributed by atoms with Crippen LogP contribution >= 0.6 is 0 Å². The molecule has 0 saturated carbocycles. The molecule has 1 fully saturated rings. The molecule has 0 bridgehead atoms. The van der Waals surface area contributed by atoms with Crippen molar-refractivity contribution in [3.63, 3.8) is 0 Å². The molecule has 1 saturated heterocycles. The highest BCUT2D eigenvalue weighted by Gasteiger charge is 2.32. The highest BCUT2D eigenvalue weighted by atomic mass is 32.2. The van der Waals surface area contributed by atoms with Crippen molar-refractivity contribution < 1.29 is 36.2 Å². The Morgan fingerprint density at radius 2 is 2.00 bits per heavy atom. The van der Waals surface area contributed by atoms with Crippen molar-refractivity contribution in [2.75, 3.05) is 19.7 Å². The number of aliphatic hydroxyl groups excluding tert-OH is 1. The molecular formula is C26H32F3N3O5S. The number of carbonyl (C=O) groups excluding carboxylic acids is 1. The van der Waals surface area contributed by atoms with E-state index in [4.69, 9.17) is 4.74 Å². The molecule has 12 heteroatoms. The highest BCUT2D eigenvalue weighted by Crippen LogP contribution is 2.34. The van der Waals surface area contributed by atoms with Crippen molar-refractivity contribution in [1.29, 1.82) is 0 Å². The van der Waals surface area contributed by atoms with Crippen molar-refractivity contribution in [3.05, 3.63) is 59.2 Å². The summed E-state index contributed by atoms with van der Waals surface area (Å²) in [4.78, 5) is 14.4. The number of β-amino-alcohol motifs (C(OH)–C–C–N with tert-alkyl or cyclic N) is 1. The first kappa shape index (κ1) is 28.3. The molecule has 2 aliphatic rings. The lowest BCUT2D eigenvalue weighted by atomic mass is 9.98. The lowest BCUT2D eigenvalue weighted by Crippen LogP contribution is -2.39. The number of nitrogens with one attached hydrogen (secondary N) is 2.